The molecule has 4 heterocycles. The van der Waals surface area contributed by atoms with Crippen molar-refractivity contribution in [2.75, 3.05) is 6.61 Å². The fraction of sp³-hybridized carbons (Fsp3) is 0.345. The summed E-state index contributed by atoms with van der Waals surface area (Å²) in [7, 11) is 0. The first-order chi connectivity index (χ1) is 40.7. The van der Waals surface area contributed by atoms with E-state index in [0.717, 1.165) is 18.2 Å². The van der Waals surface area contributed by atoms with Crippen molar-refractivity contribution < 1.29 is 93.0 Å². The molecule has 9 atom stereocenters. The van der Waals surface area contributed by atoms with Crippen LogP contribution in [0.5, 0.6) is 46.0 Å². The molecule has 7 amide bonds. The molecule has 456 valence electrons. The van der Waals surface area contributed by atoms with Crippen molar-refractivity contribution >= 4 is 70.5 Å². The second-order valence-electron chi connectivity index (χ2n) is 21.2. The number of aliphatic hydroxyl groups excluding tert-OH is 3. The number of ether oxygens (including phenoxy) is 4. The van der Waals surface area contributed by atoms with Gasteiger partial charge in [-0.25, -0.2) is 4.79 Å². The minimum atomic E-state index is -1.98. The molecule has 86 heavy (non-hydrogen) atoms. The first-order valence-corrected chi connectivity index (χ1v) is 27.6. The summed E-state index contributed by atoms with van der Waals surface area (Å²) in [5.41, 5.74) is 11.1. The maximum atomic E-state index is 14.3. The van der Waals surface area contributed by atoms with Crippen molar-refractivity contribution in [3.05, 3.63) is 117 Å². The Morgan fingerprint density at radius 1 is 0.767 bits per heavy atom. The topological polar surface area (TPSA) is 427 Å². The van der Waals surface area contributed by atoms with Crippen LogP contribution in [0.3, 0.4) is 0 Å². The Morgan fingerprint density at radius 2 is 1.50 bits per heavy atom. The van der Waals surface area contributed by atoms with Gasteiger partial charge in [0.1, 0.15) is 59.0 Å². The number of carboxylic acid groups (broad SMARTS) is 1. The number of halogens is 2. The Labute approximate surface area is 499 Å². The van der Waals surface area contributed by atoms with Crippen molar-refractivity contribution in [1.29, 1.82) is 0 Å². The van der Waals surface area contributed by atoms with Crippen LogP contribution in [-0.2, 0) is 55.9 Å². The molecule has 6 bridgehead atoms. The van der Waals surface area contributed by atoms with Crippen LogP contribution in [-0.4, -0.2) is 126 Å². The van der Waals surface area contributed by atoms with Gasteiger partial charge < -0.3 is 92.7 Å². The molecule has 16 N–H and O–H groups in total. The number of carbonyl (C=O) groups is 8. The molecule has 0 saturated carbocycles. The average Bonchev–Trinajstić information content (AvgIpc) is 0.947. The Hall–Kier alpha value is -8.92. The molecule has 1 fully saturated rings. The summed E-state index contributed by atoms with van der Waals surface area (Å²) in [6.07, 6.45) is -6.65. The van der Waals surface area contributed by atoms with Crippen molar-refractivity contribution in [3.8, 4) is 57.1 Å². The number of rotatable bonds is 15. The third kappa shape index (κ3) is 15.1. The van der Waals surface area contributed by atoms with E-state index >= 15 is 0 Å². The molecular weight excluding hydrogens is 1170 g/mol. The van der Waals surface area contributed by atoms with E-state index in [1.807, 2.05) is 13.8 Å². The monoisotopic (exact) mass is 1230 g/mol. The Bertz CT molecular complexity index is 3500. The molecular formula is C58H61Cl2N7O19. The van der Waals surface area contributed by atoms with Crippen LogP contribution in [0.4, 0.5) is 0 Å². The molecule has 0 spiro atoms. The lowest BCUT2D eigenvalue weighted by molar-refractivity contribution is -0.185. The SMILES string of the molecule is CC(C)CCC(=O)N[C@H]1C(=O)N[C@@H](CC(N)=O)C(=O)N[C@@H](C(N)=O)c2cc(Oc3ccc(C[C@@H]4NC(=O)Cc5ccc(O)c(c5)-c5c(O)cc(O)cc5[C@H](C(=O)O)NC4=O)cc3Cl)c(O[C@@H]3C[C@H](O)CC(CO)O3)c(c2)Oc2ccc(cc2Cl)[C@H]1O. The van der Waals surface area contributed by atoms with Crippen LogP contribution in [0.1, 0.15) is 92.0 Å². The van der Waals surface area contributed by atoms with Gasteiger partial charge in [-0.15, -0.1) is 0 Å². The molecule has 0 aromatic heterocycles. The zero-order valence-corrected chi connectivity index (χ0v) is 47.4. The van der Waals surface area contributed by atoms with Crippen LogP contribution in [0.15, 0.2) is 78.9 Å². The highest BCUT2D eigenvalue weighted by atomic mass is 35.5. The predicted octanol–water partition coefficient (Wildman–Crippen LogP) is 3.10. The zero-order valence-electron chi connectivity index (χ0n) is 45.9. The molecule has 0 radical (unpaired) electrons. The quantitative estimate of drug-likeness (QED) is 0.0716. The number of fused-ring (bicyclic) bond motifs is 13. The van der Waals surface area contributed by atoms with E-state index in [2.05, 4.69) is 26.6 Å². The summed E-state index contributed by atoms with van der Waals surface area (Å²) in [6, 6.07) is 7.03. The molecule has 1 unspecified atom stereocenters. The van der Waals surface area contributed by atoms with Gasteiger partial charge in [0, 0.05) is 48.4 Å². The van der Waals surface area contributed by atoms with Gasteiger partial charge in [0.2, 0.25) is 53.4 Å². The smallest absolute Gasteiger partial charge is 0.330 e. The lowest BCUT2D eigenvalue weighted by atomic mass is 9.90. The molecule has 4 aliphatic heterocycles. The molecule has 1 saturated heterocycles. The number of hydrogen-bond acceptors (Lipinski definition) is 18. The number of phenolic OH excluding ortho intramolecular Hbond substituents is 3. The number of carboxylic acids is 1. The molecule has 5 aromatic carbocycles. The average molecular weight is 1230 g/mol. The van der Waals surface area contributed by atoms with E-state index in [-0.39, 0.29) is 116 Å². The molecule has 28 heteroatoms. The number of aromatic hydroxyl groups is 3. The number of benzene rings is 5. The van der Waals surface area contributed by atoms with Gasteiger partial charge in [-0.05, 0) is 89.2 Å². The number of hydrogen-bond donors (Lipinski definition) is 14. The van der Waals surface area contributed by atoms with Crippen molar-refractivity contribution in [1.82, 2.24) is 26.6 Å². The Kier molecular flexibility index (Phi) is 19.8. The fourth-order valence-corrected chi connectivity index (χ4v) is 10.4. The number of nitrogens with one attached hydrogen (secondary N) is 5. The van der Waals surface area contributed by atoms with Gasteiger partial charge in [0.05, 0.1) is 41.7 Å². The lowest BCUT2D eigenvalue weighted by Crippen LogP contribution is -2.57. The van der Waals surface area contributed by atoms with Gasteiger partial charge in [-0.1, -0.05) is 55.2 Å². The summed E-state index contributed by atoms with van der Waals surface area (Å²) in [4.78, 5) is 108. The minimum absolute atomic E-state index is 0.0200. The Morgan fingerprint density at radius 3 is 2.17 bits per heavy atom. The molecule has 5 aromatic rings. The lowest BCUT2D eigenvalue weighted by Gasteiger charge is -2.33. The van der Waals surface area contributed by atoms with Gasteiger partial charge >= 0.3 is 5.97 Å². The summed E-state index contributed by atoms with van der Waals surface area (Å²) in [5.74, 6) is -11.7. The van der Waals surface area contributed by atoms with E-state index < -0.39 is 132 Å². The van der Waals surface area contributed by atoms with Gasteiger partial charge in [0.15, 0.2) is 17.5 Å². The third-order valence-electron chi connectivity index (χ3n) is 14.1. The number of carbonyl (C=O) groups excluding carboxylic acids is 7. The Balaban J connectivity index is 1.21. The van der Waals surface area contributed by atoms with E-state index in [1.54, 1.807) is 0 Å². The number of amides is 7. The zero-order chi connectivity index (χ0) is 62.4. The molecule has 4 aliphatic rings. The summed E-state index contributed by atoms with van der Waals surface area (Å²) < 4.78 is 25.2. The van der Waals surface area contributed by atoms with Crippen molar-refractivity contribution in [2.24, 2.45) is 17.4 Å². The van der Waals surface area contributed by atoms with Crippen LogP contribution in [0.2, 0.25) is 10.0 Å². The number of nitrogens with two attached hydrogens (primary N) is 2. The minimum Gasteiger partial charge on any atom is -0.508 e. The van der Waals surface area contributed by atoms with E-state index in [9.17, 15) is 74.1 Å². The van der Waals surface area contributed by atoms with Gasteiger partial charge in [-0.2, -0.15) is 0 Å². The summed E-state index contributed by atoms with van der Waals surface area (Å²) >= 11 is 13.8. The molecule has 0 aliphatic carbocycles. The van der Waals surface area contributed by atoms with E-state index in [4.69, 9.17) is 53.6 Å². The highest BCUT2D eigenvalue weighted by Crippen LogP contribution is 2.48. The van der Waals surface area contributed by atoms with E-state index in [0.29, 0.717) is 6.42 Å². The first-order valence-electron chi connectivity index (χ1n) is 26.8. The number of phenols is 3. The largest absolute Gasteiger partial charge is 0.508 e. The highest BCUT2D eigenvalue weighted by molar-refractivity contribution is 6.32. The van der Waals surface area contributed by atoms with E-state index in [1.165, 1.54) is 60.7 Å². The standard InChI is InChI=1S/C58H61Cl2N7O19/c1-24(2)3-10-45(74)65-51-52(76)27-6-9-41(35(60)15-27)85-43-17-28(49(54(62)77)66-56(79)37(22-44(61)73)64-57(51)80)16-42(53(43)86-47-21-29(69)18-31(23-68)83-47)84-40-8-5-26(12-34(40)59)13-36-55(78)67-50(58(81)82)33-19-30(70)20-39(72)48(33)32-11-25(4-7-38(32)71)14-46(75)63-36/h4-9,11-12,15-17,19-20,24,29,31,36-37,47,49-52,68-72,76H,3,10,13-14,18,21-23H2,1-2H3,(H2,61,73)(H2,62,77)(H,63,75)(H,64,80)(H,65,74)(H,66,79)(H,67,78)(H,81,82)/t29-,31?,36+,37+,47-,49-,50-,51-,52-/m1/s1. The second kappa shape index (κ2) is 27.0. The summed E-state index contributed by atoms with van der Waals surface area (Å²) in [5, 5.41) is 87.3. The predicted molar refractivity (Wildman–Crippen MR) is 303 cm³/mol. The van der Waals surface area contributed by atoms with Gasteiger partial charge in [-0.3, -0.25) is 33.6 Å². The van der Waals surface area contributed by atoms with Crippen LogP contribution >= 0.6 is 23.2 Å². The second-order valence-corrected chi connectivity index (χ2v) is 22.0. The number of primary amides is 2. The highest BCUT2D eigenvalue weighted by Gasteiger charge is 2.38. The normalized spacial score (nSPS) is 22.5. The number of aliphatic hydroxyl groups is 3. The van der Waals surface area contributed by atoms with Crippen molar-refractivity contribution in [2.45, 2.75) is 114 Å². The first kappa shape index (κ1) is 63.1. The maximum absolute atomic E-state index is 14.3. The van der Waals surface area contributed by atoms with Crippen LogP contribution < -0.4 is 52.3 Å². The van der Waals surface area contributed by atoms with Crippen molar-refractivity contribution in [3.63, 3.8) is 0 Å². The van der Waals surface area contributed by atoms with Gasteiger partial charge in [0.25, 0.3) is 0 Å². The summed E-state index contributed by atoms with van der Waals surface area (Å²) in [6.45, 7) is 3.20. The molecule has 26 nitrogen and oxygen atoms in total. The van der Waals surface area contributed by atoms with Crippen LogP contribution in [0.25, 0.3) is 11.1 Å². The third-order valence-corrected chi connectivity index (χ3v) is 14.7. The fourth-order valence-electron chi connectivity index (χ4n) is 9.90. The number of aliphatic carboxylic acids is 1. The molecule has 9 rings (SSSR count). The maximum Gasteiger partial charge on any atom is 0.330 e. The van der Waals surface area contributed by atoms with Crippen LogP contribution in [0, 0.1) is 5.92 Å².